The van der Waals surface area contributed by atoms with Gasteiger partial charge in [0.05, 0.1) is 9.75 Å². The Morgan fingerprint density at radius 1 is 1.30 bits per heavy atom. The van der Waals surface area contributed by atoms with Gasteiger partial charge in [0.2, 0.25) is 5.76 Å². The number of carbonyl (C=O) groups is 3. The van der Waals surface area contributed by atoms with Gasteiger partial charge in [-0.25, -0.2) is 0 Å². The summed E-state index contributed by atoms with van der Waals surface area (Å²) in [5.74, 6) is -2.45. The summed E-state index contributed by atoms with van der Waals surface area (Å²) in [6.45, 7) is 1.73. The van der Waals surface area contributed by atoms with Crippen LogP contribution in [-0.2, 0) is 15.8 Å². The molecule has 1 aliphatic rings. The van der Waals surface area contributed by atoms with Crippen molar-refractivity contribution in [2.45, 2.75) is 19.5 Å². The molecule has 0 aliphatic carbocycles. The van der Waals surface area contributed by atoms with Gasteiger partial charge in [-0.3, -0.25) is 4.79 Å². The first-order chi connectivity index (χ1) is 12.8. The van der Waals surface area contributed by atoms with E-state index in [0.29, 0.717) is 29.0 Å². The molecule has 0 N–H and O–H groups in total. The first-order valence-corrected chi connectivity index (χ1v) is 8.91. The van der Waals surface area contributed by atoms with Crippen molar-refractivity contribution in [3.8, 4) is 10.6 Å². The molecule has 2 aromatic heterocycles. The molecule has 3 heterocycles. The van der Waals surface area contributed by atoms with Crippen molar-refractivity contribution >= 4 is 29.8 Å². The summed E-state index contributed by atoms with van der Waals surface area (Å²) < 4.78 is 42.9. The maximum atomic E-state index is 12.8. The first-order valence-electron chi connectivity index (χ1n) is 8.09. The van der Waals surface area contributed by atoms with E-state index in [2.05, 4.69) is 9.68 Å². The van der Waals surface area contributed by atoms with Gasteiger partial charge < -0.3 is 19.0 Å². The number of halogens is 3. The molecular weight excluding hydrogens is 385 g/mol. The third-order valence-corrected chi connectivity index (χ3v) is 5.66. The molecule has 1 aliphatic heterocycles. The molecule has 0 aromatic carbocycles. The summed E-state index contributed by atoms with van der Waals surface area (Å²) in [7, 11) is 0. The Morgan fingerprint density at radius 2 is 2.00 bits per heavy atom. The monoisotopic (exact) mass is 400 g/mol. The number of hydrogen-bond donors (Lipinski definition) is 0. The maximum absolute atomic E-state index is 12.8. The molecule has 6 nitrogen and oxygen atoms in total. The van der Waals surface area contributed by atoms with Gasteiger partial charge in [-0.2, -0.15) is 13.2 Å². The molecule has 2 atom stereocenters. The van der Waals surface area contributed by atoms with Crippen LogP contribution in [0.5, 0.6) is 0 Å². The van der Waals surface area contributed by atoms with E-state index in [4.69, 9.17) is 0 Å². The average Bonchev–Trinajstić information content (AvgIpc) is 3.26. The molecule has 0 spiro atoms. The number of amides is 1. The van der Waals surface area contributed by atoms with Crippen LogP contribution >= 0.6 is 11.3 Å². The lowest BCUT2D eigenvalue weighted by atomic mass is 9.87. The van der Waals surface area contributed by atoms with E-state index in [9.17, 15) is 27.6 Å². The van der Waals surface area contributed by atoms with Crippen LogP contribution in [0, 0.1) is 18.8 Å². The first kappa shape index (κ1) is 19.3. The summed E-state index contributed by atoms with van der Waals surface area (Å²) >= 11 is 1.00. The lowest BCUT2D eigenvalue weighted by Gasteiger charge is -2.33. The van der Waals surface area contributed by atoms with Crippen LogP contribution in [0.2, 0.25) is 0 Å². The largest absolute Gasteiger partial charge is 0.452 e. The van der Waals surface area contributed by atoms with E-state index in [1.54, 1.807) is 0 Å². The number of carbonyl (C=O) groups excluding carboxylic acids is 3. The summed E-state index contributed by atoms with van der Waals surface area (Å²) in [5, 5.41) is 3.49. The van der Waals surface area contributed by atoms with E-state index in [0.717, 1.165) is 17.6 Å². The van der Waals surface area contributed by atoms with Crippen molar-refractivity contribution in [2.24, 2.45) is 11.8 Å². The van der Waals surface area contributed by atoms with Gasteiger partial charge in [0.1, 0.15) is 18.3 Å². The van der Waals surface area contributed by atoms with Crippen LogP contribution in [-0.4, -0.2) is 41.6 Å². The minimum atomic E-state index is -4.64. The fourth-order valence-corrected chi connectivity index (χ4v) is 4.08. The van der Waals surface area contributed by atoms with Gasteiger partial charge >= 0.3 is 6.18 Å². The lowest BCUT2D eigenvalue weighted by molar-refractivity contribution is -0.156. The minimum absolute atomic E-state index is 0.0387. The third-order valence-electron chi connectivity index (χ3n) is 4.58. The number of thiophene rings is 1. The Hall–Kier alpha value is -2.49. The topological polar surface area (TPSA) is 80.5 Å². The van der Waals surface area contributed by atoms with Crippen molar-refractivity contribution in [3.63, 3.8) is 0 Å². The quantitative estimate of drug-likeness (QED) is 0.737. The Bertz CT molecular complexity index is 874. The maximum Gasteiger partial charge on any atom is 0.452 e. The highest BCUT2D eigenvalue weighted by molar-refractivity contribution is 7.17. The van der Waals surface area contributed by atoms with Crippen LogP contribution in [0.1, 0.15) is 27.4 Å². The van der Waals surface area contributed by atoms with Crippen molar-refractivity contribution < 1.29 is 32.1 Å². The number of nitrogens with zero attached hydrogens (tertiary/aromatic N) is 2. The van der Waals surface area contributed by atoms with Crippen LogP contribution in [0.4, 0.5) is 13.2 Å². The highest BCUT2D eigenvalue weighted by atomic mass is 32.1. The predicted octanol–water partition coefficient (Wildman–Crippen LogP) is 3.21. The summed E-state index contributed by atoms with van der Waals surface area (Å²) in [6.07, 6.45) is -2.84. The van der Waals surface area contributed by atoms with Crippen molar-refractivity contribution in [1.29, 1.82) is 0 Å². The Morgan fingerprint density at radius 3 is 2.59 bits per heavy atom. The smallest absolute Gasteiger partial charge is 0.351 e. The van der Waals surface area contributed by atoms with E-state index in [-0.39, 0.29) is 23.7 Å². The Labute approximate surface area is 155 Å². The lowest BCUT2D eigenvalue weighted by Crippen LogP contribution is -2.44. The Kier molecular flexibility index (Phi) is 5.18. The second kappa shape index (κ2) is 7.26. The molecule has 144 valence electrons. The molecule has 1 saturated heterocycles. The molecule has 1 fully saturated rings. The normalized spacial score (nSPS) is 20.5. The molecule has 0 radical (unpaired) electrons. The fourth-order valence-electron chi connectivity index (χ4n) is 3.06. The number of rotatable bonds is 4. The molecule has 3 rings (SSSR count). The van der Waals surface area contributed by atoms with Crippen LogP contribution in [0.15, 0.2) is 16.7 Å². The van der Waals surface area contributed by atoms with Crippen molar-refractivity contribution in [2.75, 3.05) is 13.1 Å². The number of aromatic nitrogens is 1. The molecule has 2 aromatic rings. The molecule has 2 unspecified atom stereocenters. The number of likely N-dealkylation sites (tertiary alicyclic amines) is 1. The Balaban J connectivity index is 1.80. The average molecular weight is 400 g/mol. The van der Waals surface area contributed by atoms with Gasteiger partial charge in [-0.15, -0.1) is 11.3 Å². The number of piperidine rings is 1. The van der Waals surface area contributed by atoms with Crippen molar-refractivity contribution in [1.82, 2.24) is 10.1 Å². The van der Waals surface area contributed by atoms with E-state index >= 15 is 0 Å². The molecular formula is C17H15F3N2O4S. The zero-order valence-corrected chi connectivity index (χ0v) is 15.0. The van der Waals surface area contributed by atoms with Gasteiger partial charge in [0, 0.05) is 30.5 Å². The summed E-state index contributed by atoms with van der Waals surface area (Å²) in [4.78, 5) is 37.0. The van der Waals surface area contributed by atoms with Crippen LogP contribution < -0.4 is 0 Å². The van der Waals surface area contributed by atoms with Gasteiger partial charge in [0.15, 0.2) is 0 Å². The fraction of sp³-hybridized carbons (Fsp3) is 0.412. The van der Waals surface area contributed by atoms with Gasteiger partial charge in [0.25, 0.3) is 5.91 Å². The van der Waals surface area contributed by atoms with Gasteiger partial charge in [-0.05, 0) is 25.5 Å². The highest BCUT2D eigenvalue weighted by Crippen LogP contribution is 2.38. The molecule has 10 heteroatoms. The molecule has 27 heavy (non-hydrogen) atoms. The van der Waals surface area contributed by atoms with Gasteiger partial charge in [-0.1, -0.05) is 5.16 Å². The SMILES string of the molecule is Cc1c(-c2ccc(C(=O)N3CCC(C=O)C(C=O)C3)s2)noc1C(F)(F)F. The van der Waals surface area contributed by atoms with E-state index < -0.39 is 23.8 Å². The molecule has 1 amide bonds. The summed E-state index contributed by atoms with van der Waals surface area (Å²) in [6, 6.07) is 3.02. The predicted molar refractivity (Wildman–Crippen MR) is 89.2 cm³/mol. The minimum Gasteiger partial charge on any atom is -0.351 e. The second-order valence-corrected chi connectivity index (χ2v) is 7.37. The second-order valence-electron chi connectivity index (χ2n) is 6.29. The number of alkyl halides is 3. The van der Waals surface area contributed by atoms with Crippen LogP contribution in [0.25, 0.3) is 10.6 Å². The molecule has 0 saturated carbocycles. The third kappa shape index (κ3) is 3.66. The highest BCUT2D eigenvalue weighted by Gasteiger charge is 2.39. The number of hydrogen-bond acceptors (Lipinski definition) is 6. The number of aldehydes is 2. The standard InChI is InChI=1S/C17H15F3N2O4S/c1-9-14(21-26-15(9)17(18,19)20)12-2-3-13(27-12)16(25)22-5-4-10(7-23)11(6-22)8-24/h2-3,7-8,10-11H,4-6H2,1H3. The zero-order valence-electron chi connectivity index (χ0n) is 14.2. The van der Waals surface area contributed by atoms with E-state index in [1.807, 2.05) is 0 Å². The summed E-state index contributed by atoms with van der Waals surface area (Å²) in [5.41, 5.74) is -0.104. The van der Waals surface area contributed by atoms with E-state index in [1.165, 1.54) is 24.0 Å². The van der Waals surface area contributed by atoms with Crippen LogP contribution in [0.3, 0.4) is 0 Å². The zero-order chi connectivity index (χ0) is 19.8. The van der Waals surface area contributed by atoms with Crippen molar-refractivity contribution in [3.05, 3.63) is 28.3 Å². The molecule has 0 bridgehead atoms.